The maximum Gasteiger partial charge on any atom is 0.0502 e. The first-order valence-corrected chi connectivity index (χ1v) is 6.61. The van der Waals surface area contributed by atoms with Gasteiger partial charge in [0.1, 0.15) is 0 Å². The van der Waals surface area contributed by atoms with Gasteiger partial charge in [0, 0.05) is 5.92 Å². The molecule has 2 N–H and O–H groups in total. The van der Waals surface area contributed by atoms with E-state index in [1.165, 1.54) is 29.5 Å². The van der Waals surface area contributed by atoms with Crippen molar-refractivity contribution >= 4 is 0 Å². The largest absolute Gasteiger partial charge is 0.396 e. The van der Waals surface area contributed by atoms with Crippen molar-refractivity contribution in [1.29, 1.82) is 0 Å². The normalized spacial score (nSPS) is 19.2. The Balaban J connectivity index is 2.18. The van der Waals surface area contributed by atoms with Crippen molar-refractivity contribution in [3.63, 3.8) is 0 Å². The number of aliphatic hydroxyl groups excluding tert-OH is 1. The van der Waals surface area contributed by atoms with Gasteiger partial charge in [0.2, 0.25) is 0 Å². The average Bonchev–Trinajstić information content (AvgIpc) is 2.36. The predicted octanol–water partition coefficient (Wildman–Crippen LogP) is 2.38. The summed E-state index contributed by atoms with van der Waals surface area (Å²) in [6.45, 7) is 6.73. The topological polar surface area (TPSA) is 32.3 Å². The summed E-state index contributed by atoms with van der Waals surface area (Å²) in [7, 11) is 0. The summed E-state index contributed by atoms with van der Waals surface area (Å²) in [5.41, 5.74) is 3.97. The van der Waals surface area contributed by atoms with Gasteiger partial charge < -0.3 is 10.4 Å². The number of hydrogen-bond donors (Lipinski definition) is 2. The van der Waals surface area contributed by atoms with E-state index in [1.54, 1.807) is 0 Å². The van der Waals surface area contributed by atoms with Gasteiger partial charge in [0.25, 0.3) is 0 Å². The zero-order valence-electron chi connectivity index (χ0n) is 10.9. The molecule has 0 aliphatic carbocycles. The van der Waals surface area contributed by atoms with E-state index in [0.717, 1.165) is 13.1 Å². The summed E-state index contributed by atoms with van der Waals surface area (Å²) in [5, 5.41) is 13.1. The van der Waals surface area contributed by atoms with Crippen molar-refractivity contribution in [2.45, 2.75) is 32.6 Å². The first-order valence-electron chi connectivity index (χ1n) is 6.61. The Morgan fingerprint density at radius 2 is 1.94 bits per heavy atom. The van der Waals surface area contributed by atoms with Gasteiger partial charge in [-0.05, 0) is 62.4 Å². The number of piperidine rings is 1. The highest BCUT2D eigenvalue weighted by Gasteiger charge is 2.24. The fourth-order valence-electron chi connectivity index (χ4n) is 2.77. The smallest absolute Gasteiger partial charge is 0.0502 e. The van der Waals surface area contributed by atoms with E-state index in [-0.39, 0.29) is 6.61 Å². The lowest BCUT2D eigenvalue weighted by Crippen LogP contribution is -2.32. The molecule has 0 radical (unpaired) electrons. The number of hydrogen-bond acceptors (Lipinski definition) is 2. The summed E-state index contributed by atoms with van der Waals surface area (Å²) in [6.07, 6.45) is 2.36. The van der Waals surface area contributed by atoms with Crippen LogP contribution in [0.4, 0.5) is 0 Å². The van der Waals surface area contributed by atoms with Gasteiger partial charge in [-0.15, -0.1) is 0 Å². The minimum atomic E-state index is 0.271. The molecule has 1 atom stereocenters. The van der Waals surface area contributed by atoms with Gasteiger partial charge in [-0.25, -0.2) is 0 Å². The third-order valence-electron chi connectivity index (χ3n) is 4.11. The minimum absolute atomic E-state index is 0.271. The summed E-state index contributed by atoms with van der Waals surface area (Å²) >= 11 is 0. The fraction of sp³-hybridized carbons (Fsp3) is 0.600. The van der Waals surface area contributed by atoms with Crippen LogP contribution in [0.3, 0.4) is 0 Å². The molecule has 0 spiro atoms. The SMILES string of the molecule is Cc1ccc(C(CO)C2CCNCC2)cc1C. The van der Waals surface area contributed by atoms with E-state index in [9.17, 15) is 5.11 Å². The van der Waals surface area contributed by atoms with E-state index in [1.807, 2.05) is 0 Å². The second-order valence-corrected chi connectivity index (χ2v) is 5.22. The first kappa shape index (κ1) is 12.6. The Labute approximate surface area is 104 Å². The molecule has 1 saturated heterocycles. The maximum atomic E-state index is 9.67. The quantitative estimate of drug-likeness (QED) is 0.840. The highest BCUT2D eigenvalue weighted by Crippen LogP contribution is 2.31. The van der Waals surface area contributed by atoms with Crippen LogP contribution in [0.1, 0.15) is 35.4 Å². The zero-order valence-corrected chi connectivity index (χ0v) is 10.9. The Hall–Kier alpha value is -0.860. The van der Waals surface area contributed by atoms with Crippen molar-refractivity contribution in [1.82, 2.24) is 5.32 Å². The zero-order chi connectivity index (χ0) is 12.3. The Kier molecular flexibility index (Phi) is 4.19. The molecule has 94 valence electrons. The molecular weight excluding hydrogens is 210 g/mol. The third-order valence-corrected chi connectivity index (χ3v) is 4.11. The van der Waals surface area contributed by atoms with Gasteiger partial charge in [0.05, 0.1) is 6.61 Å². The van der Waals surface area contributed by atoms with Gasteiger partial charge in [-0.1, -0.05) is 18.2 Å². The summed E-state index contributed by atoms with van der Waals surface area (Å²) in [6, 6.07) is 6.61. The molecule has 1 aromatic rings. The first-order chi connectivity index (χ1) is 8.22. The molecule has 1 aliphatic rings. The molecule has 0 aromatic heterocycles. The van der Waals surface area contributed by atoms with Crippen LogP contribution in [0.25, 0.3) is 0 Å². The average molecular weight is 233 g/mol. The van der Waals surface area contributed by atoms with Crippen molar-refractivity contribution in [2.24, 2.45) is 5.92 Å². The van der Waals surface area contributed by atoms with Crippen molar-refractivity contribution in [3.8, 4) is 0 Å². The van der Waals surface area contributed by atoms with Crippen molar-refractivity contribution in [2.75, 3.05) is 19.7 Å². The maximum absolute atomic E-state index is 9.67. The summed E-state index contributed by atoms with van der Waals surface area (Å²) < 4.78 is 0. The number of rotatable bonds is 3. The monoisotopic (exact) mass is 233 g/mol. The van der Waals surface area contributed by atoms with Crippen LogP contribution in [-0.4, -0.2) is 24.8 Å². The van der Waals surface area contributed by atoms with Crippen LogP contribution in [0.2, 0.25) is 0 Å². The molecule has 0 amide bonds. The molecule has 1 aromatic carbocycles. The van der Waals surface area contributed by atoms with E-state index in [4.69, 9.17) is 0 Å². The van der Waals surface area contributed by atoms with Crippen LogP contribution in [0.5, 0.6) is 0 Å². The lowest BCUT2D eigenvalue weighted by molar-refractivity contribution is 0.201. The predicted molar refractivity (Wildman–Crippen MR) is 71.3 cm³/mol. The van der Waals surface area contributed by atoms with E-state index < -0.39 is 0 Å². The molecule has 2 heteroatoms. The summed E-state index contributed by atoms with van der Waals surface area (Å²) in [5.74, 6) is 0.944. The molecule has 2 nitrogen and oxygen atoms in total. The Morgan fingerprint density at radius 1 is 1.24 bits per heavy atom. The molecule has 2 rings (SSSR count). The molecule has 1 fully saturated rings. The van der Waals surface area contributed by atoms with Gasteiger partial charge in [-0.2, -0.15) is 0 Å². The molecule has 0 bridgehead atoms. The van der Waals surface area contributed by atoms with Crippen LogP contribution in [0, 0.1) is 19.8 Å². The van der Waals surface area contributed by atoms with E-state index in [2.05, 4.69) is 37.4 Å². The second-order valence-electron chi connectivity index (χ2n) is 5.22. The second kappa shape index (κ2) is 5.65. The van der Waals surface area contributed by atoms with Crippen molar-refractivity contribution < 1.29 is 5.11 Å². The highest BCUT2D eigenvalue weighted by atomic mass is 16.3. The van der Waals surface area contributed by atoms with Crippen molar-refractivity contribution in [3.05, 3.63) is 34.9 Å². The van der Waals surface area contributed by atoms with Crippen LogP contribution in [0.15, 0.2) is 18.2 Å². The van der Waals surface area contributed by atoms with Crippen LogP contribution < -0.4 is 5.32 Å². The summed E-state index contributed by atoms with van der Waals surface area (Å²) in [4.78, 5) is 0. The van der Waals surface area contributed by atoms with Gasteiger partial charge in [-0.3, -0.25) is 0 Å². The Bertz CT molecular complexity index is 369. The molecule has 1 aliphatic heterocycles. The Morgan fingerprint density at radius 3 is 2.53 bits per heavy atom. The standard InChI is InChI=1S/C15H23NO/c1-11-3-4-14(9-12(11)2)15(10-17)13-5-7-16-8-6-13/h3-4,9,13,15-17H,5-8,10H2,1-2H3. The van der Waals surface area contributed by atoms with Gasteiger partial charge >= 0.3 is 0 Å². The lowest BCUT2D eigenvalue weighted by Gasteiger charge is -2.30. The number of nitrogens with one attached hydrogen (secondary N) is 1. The lowest BCUT2D eigenvalue weighted by atomic mass is 9.80. The molecule has 0 saturated carbocycles. The number of aryl methyl sites for hydroxylation is 2. The van der Waals surface area contributed by atoms with Crippen LogP contribution in [-0.2, 0) is 0 Å². The van der Waals surface area contributed by atoms with Crippen LogP contribution >= 0.6 is 0 Å². The molecule has 17 heavy (non-hydrogen) atoms. The molecule has 1 heterocycles. The molecule has 1 unspecified atom stereocenters. The number of aliphatic hydroxyl groups is 1. The number of benzene rings is 1. The third kappa shape index (κ3) is 2.88. The minimum Gasteiger partial charge on any atom is -0.396 e. The molecular formula is C15H23NO. The van der Waals surface area contributed by atoms with E-state index >= 15 is 0 Å². The van der Waals surface area contributed by atoms with Gasteiger partial charge in [0.15, 0.2) is 0 Å². The fourth-order valence-corrected chi connectivity index (χ4v) is 2.77. The van der Waals surface area contributed by atoms with E-state index in [0.29, 0.717) is 11.8 Å². The highest BCUT2D eigenvalue weighted by molar-refractivity contribution is 5.32.